The van der Waals surface area contributed by atoms with Gasteiger partial charge in [0.2, 0.25) is 0 Å². The first-order chi connectivity index (χ1) is 6.66. The number of aromatic nitrogens is 4. The summed E-state index contributed by atoms with van der Waals surface area (Å²) in [5.41, 5.74) is 0.771. The van der Waals surface area contributed by atoms with E-state index in [-0.39, 0.29) is 5.69 Å². The number of nitrogens with zero attached hydrogens (tertiary/aromatic N) is 3. The minimum atomic E-state index is -0.470. The Balaban J connectivity index is 2.49. The van der Waals surface area contributed by atoms with E-state index in [0.29, 0.717) is 17.8 Å². The molecule has 0 saturated carbocycles. The van der Waals surface area contributed by atoms with Crippen molar-refractivity contribution in [2.75, 3.05) is 0 Å². The summed E-state index contributed by atoms with van der Waals surface area (Å²) in [5.74, 6) is 0. The number of hydrogen-bond donors (Lipinski definition) is 2. The maximum absolute atomic E-state index is 11.1. The molecule has 0 aliphatic heterocycles. The number of nitrogens with one attached hydrogen (secondary N) is 1. The van der Waals surface area contributed by atoms with Gasteiger partial charge in [-0.2, -0.15) is 14.7 Å². The van der Waals surface area contributed by atoms with Gasteiger partial charge in [-0.1, -0.05) is 0 Å². The molecular formula is C8H10N4O2. The molecule has 6 nitrogen and oxygen atoms in total. The first-order valence-corrected chi connectivity index (χ1v) is 4.28. The van der Waals surface area contributed by atoms with Crippen LogP contribution in [0.2, 0.25) is 0 Å². The smallest absolute Gasteiger partial charge is 0.364 e. The van der Waals surface area contributed by atoms with Crippen molar-refractivity contribution in [2.24, 2.45) is 0 Å². The van der Waals surface area contributed by atoms with Crippen LogP contribution in [0.5, 0.6) is 0 Å². The van der Waals surface area contributed by atoms with Crippen LogP contribution in [0.15, 0.2) is 16.9 Å². The Labute approximate surface area is 79.2 Å². The van der Waals surface area contributed by atoms with Gasteiger partial charge in [0.1, 0.15) is 0 Å². The molecule has 74 valence electrons. The zero-order valence-electron chi connectivity index (χ0n) is 7.64. The summed E-state index contributed by atoms with van der Waals surface area (Å²) < 4.78 is 1.18. The molecule has 0 aliphatic rings. The monoisotopic (exact) mass is 194 g/mol. The van der Waals surface area contributed by atoms with Gasteiger partial charge in [0.05, 0.1) is 11.8 Å². The molecule has 0 spiro atoms. The van der Waals surface area contributed by atoms with Crippen LogP contribution in [-0.4, -0.2) is 31.0 Å². The molecule has 2 aromatic heterocycles. The highest BCUT2D eigenvalue weighted by atomic mass is 16.3. The van der Waals surface area contributed by atoms with E-state index in [1.807, 2.05) is 0 Å². The summed E-state index contributed by atoms with van der Waals surface area (Å²) in [4.78, 5) is 11.1. The fraction of sp³-hybridized carbons (Fsp3) is 0.375. The molecule has 0 amide bonds. The molecule has 0 fully saturated rings. The number of aliphatic hydroxyl groups is 1. The molecule has 1 atom stereocenters. The fourth-order valence-corrected chi connectivity index (χ4v) is 1.25. The van der Waals surface area contributed by atoms with E-state index in [1.165, 1.54) is 4.52 Å². The molecule has 0 radical (unpaired) electrons. The molecule has 14 heavy (non-hydrogen) atoms. The van der Waals surface area contributed by atoms with E-state index >= 15 is 0 Å². The average molecular weight is 194 g/mol. The molecule has 1 unspecified atom stereocenters. The second-order valence-electron chi connectivity index (χ2n) is 3.18. The molecule has 0 saturated heterocycles. The summed E-state index contributed by atoms with van der Waals surface area (Å²) in [6.45, 7) is 1.67. The van der Waals surface area contributed by atoms with Crippen molar-refractivity contribution in [3.05, 3.63) is 28.3 Å². The fourth-order valence-electron chi connectivity index (χ4n) is 1.25. The summed E-state index contributed by atoms with van der Waals surface area (Å²) in [5, 5.41) is 19.2. The predicted octanol–water partition coefficient (Wildman–Crippen LogP) is -0.659. The van der Waals surface area contributed by atoms with E-state index < -0.39 is 6.10 Å². The molecule has 2 heterocycles. The molecular weight excluding hydrogens is 184 g/mol. The minimum Gasteiger partial charge on any atom is -0.393 e. The lowest BCUT2D eigenvalue weighted by Crippen LogP contribution is -2.15. The SMILES string of the molecule is CC(O)Cc1ccc2n[nH]c(=O)n2n1. The number of aromatic amines is 1. The van der Waals surface area contributed by atoms with E-state index in [9.17, 15) is 4.79 Å². The van der Waals surface area contributed by atoms with Crippen molar-refractivity contribution >= 4 is 5.65 Å². The summed E-state index contributed by atoms with van der Waals surface area (Å²) in [6, 6.07) is 3.42. The van der Waals surface area contributed by atoms with Gasteiger partial charge in [-0.25, -0.2) is 9.89 Å². The van der Waals surface area contributed by atoms with E-state index in [1.54, 1.807) is 19.1 Å². The normalized spacial score (nSPS) is 13.3. The van der Waals surface area contributed by atoms with Crippen molar-refractivity contribution in [1.82, 2.24) is 19.8 Å². The molecule has 0 aliphatic carbocycles. The third-order valence-electron chi connectivity index (χ3n) is 1.83. The van der Waals surface area contributed by atoms with E-state index in [2.05, 4.69) is 15.3 Å². The van der Waals surface area contributed by atoms with Gasteiger partial charge in [0.25, 0.3) is 0 Å². The Morgan fingerprint density at radius 1 is 1.64 bits per heavy atom. The van der Waals surface area contributed by atoms with Crippen LogP contribution in [-0.2, 0) is 6.42 Å². The molecule has 0 aromatic carbocycles. The van der Waals surface area contributed by atoms with Gasteiger partial charge < -0.3 is 5.11 Å². The molecule has 0 bridgehead atoms. The van der Waals surface area contributed by atoms with Crippen LogP contribution in [0.1, 0.15) is 12.6 Å². The van der Waals surface area contributed by atoms with Crippen LogP contribution in [0, 0.1) is 0 Å². The predicted molar refractivity (Wildman–Crippen MR) is 49.0 cm³/mol. The number of H-pyrrole nitrogens is 1. The highest BCUT2D eigenvalue weighted by molar-refractivity contribution is 5.34. The molecule has 2 N–H and O–H groups in total. The zero-order chi connectivity index (χ0) is 10.1. The Hall–Kier alpha value is -1.69. The first-order valence-electron chi connectivity index (χ1n) is 4.28. The molecule has 2 rings (SSSR count). The van der Waals surface area contributed by atoms with Gasteiger partial charge in [-0.3, -0.25) is 0 Å². The Morgan fingerprint density at radius 2 is 2.43 bits per heavy atom. The third kappa shape index (κ3) is 1.51. The van der Waals surface area contributed by atoms with Crippen molar-refractivity contribution in [1.29, 1.82) is 0 Å². The van der Waals surface area contributed by atoms with Gasteiger partial charge in [-0.05, 0) is 19.1 Å². The van der Waals surface area contributed by atoms with Crippen LogP contribution in [0.25, 0.3) is 5.65 Å². The van der Waals surface area contributed by atoms with Gasteiger partial charge >= 0.3 is 5.69 Å². The van der Waals surface area contributed by atoms with E-state index in [0.717, 1.165) is 0 Å². The maximum atomic E-state index is 11.1. The summed E-state index contributed by atoms with van der Waals surface area (Å²) in [6.07, 6.45) is -0.0457. The van der Waals surface area contributed by atoms with Crippen molar-refractivity contribution in [3.63, 3.8) is 0 Å². The lowest BCUT2D eigenvalue weighted by atomic mass is 10.2. The largest absolute Gasteiger partial charge is 0.393 e. The Bertz CT molecular complexity index is 499. The second-order valence-corrected chi connectivity index (χ2v) is 3.18. The number of aliphatic hydroxyl groups excluding tert-OH is 1. The quantitative estimate of drug-likeness (QED) is 0.664. The number of rotatable bonds is 2. The topological polar surface area (TPSA) is 83.3 Å². The lowest BCUT2D eigenvalue weighted by Gasteiger charge is -2.02. The average Bonchev–Trinajstić information content (AvgIpc) is 2.47. The van der Waals surface area contributed by atoms with Gasteiger partial charge in [-0.15, -0.1) is 0 Å². The summed E-state index contributed by atoms with van der Waals surface area (Å²) in [7, 11) is 0. The standard InChI is InChI=1S/C8H10N4O2/c1-5(13)4-6-2-3-7-9-10-8(14)12(7)11-6/h2-3,5,13H,4H2,1H3,(H,10,14). The number of hydrogen-bond acceptors (Lipinski definition) is 4. The first kappa shape index (κ1) is 8.89. The molecule has 2 aromatic rings. The van der Waals surface area contributed by atoms with Crippen LogP contribution in [0.4, 0.5) is 0 Å². The second kappa shape index (κ2) is 3.22. The van der Waals surface area contributed by atoms with Crippen molar-refractivity contribution in [2.45, 2.75) is 19.4 Å². The highest BCUT2D eigenvalue weighted by Crippen LogP contribution is 2.00. The Morgan fingerprint density at radius 3 is 3.14 bits per heavy atom. The minimum absolute atomic E-state index is 0.368. The van der Waals surface area contributed by atoms with E-state index in [4.69, 9.17) is 5.11 Å². The van der Waals surface area contributed by atoms with Crippen LogP contribution >= 0.6 is 0 Å². The lowest BCUT2D eigenvalue weighted by molar-refractivity contribution is 0.194. The van der Waals surface area contributed by atoms with Crippen molar-refractivity contribution in [3.8, 4) is 0 Å². The number of fused-ring (bicyclic) bond motifs is 1. The third-order valence-corrected chi connectivity index (χ3v) is 1.83. The zero-order valence-corrected chi connectivity index (χ0v) is 7.64. The van der Waals surface area contributed by atoms with Gasteiger partial charge in [0.15, 0.2) is 5.65 Å². The van der Waals surface area contributed by atoms with Crippen LogP contribution in [0.3, 0.4) is 0 Å². The van der Waals surface area contributed by atoms with Crippen molar-refractivity contribution < 1.29 is 5.11 Å². The summed E-state index contributed by atoms with van der Waals surface area (Å²) >= 11 is 0. The maximum Gasteiger partial charge on any atom is 0.364 e. The Kier molecular flexibility index (Phi) is 2.05. The highest BCUT2D eigenvalue weighted by Gasteiger charge is 2.04. The van der Waals surface area contributed by atoms with Gasteiger partial charge in [0, 0.05) is 6.42 Å². The van der Waals surface area contributed by atoms with Crippen LogP contribution < -0.4 is 5.69 Å². The molecule has 6 heteroatoms.